The van der Waals surface area contributed by atoms with Gasteiger partial charge >= 0.3 is 0 Å². The van der Waals surface area contributed by atoms with E-state index >= 15 is 0 Å². The van der Waals surface area contributed by atoms with E-state index in [-0.39, 0.29) is 0 Å². The molecular formula is C12H23NO. The van der Waals surface area contributed by atoms with Crippen molar-refractivity contribution in [1.82, 2.24) is 5.32 Å². The largest absolute Gasteiger partial charge is 0.356 e. The Bertz CT molecular complexity index is 179. The van der Waals surface area contributed by atoms with Gasteiger partial charge in [-0.2, -0.15) is 0 Å². The molecule has 0 saturated heterocycles. The average Bonchev–Trinajstić information content (AvgIpc) is 2.18. The number of nitrogens with one attached hydrogen (secondary N) is 1. The number of carbonyl (C=O) groups is 1. The summed E-state index contributed by atoms with van der Waals surface area (Å²) in [6.07, 6.45) is 7.12. The predicted octanol–water partition coefficient (Wildman–Crippen LogP) is 2.73. The van der Waals surface area contributed by atoms with Gasteiger partial charge in [-0.3, -0.25) is 4.79 Å². The summed E-state index contributed by atoms with van der Waals surface area (Å²) in [5.74, 6) is 1.18. The Morgan fingerprint density at radius 1 is 1.36 bits per heavy atom. The molecule has 0 aliphatic heterocycles. The SMILES string of the molecule is CCCCNC(=O)C1CCCCC1C. The van der Waals surface area contributed by atoms with Crippen molar-refractivity contribution in [2.45, 2.75) is 52.4 Å². The third-order valence-corrected chi connectivity index (χ3v) is 3.28. The molecule has 2 unspecified atom stereocenters. The second kappa shape index (κ2) is 6.05. The maximum Gasteiger partial charge on any atom is 0.223 e. The number of unbranched alkanes of at least 4 members (excludes halogenated alkanes) is 1. The van der Waals surface area contributed by atoms with Gasteiger partial charge in [-0.1, -0.05) is 33.1 Å². The second-order valence-electron chi connectivity index (χ2n) is 4.51. The third kappa shape index (κ3) is 3.32. The predicted molar refractivity (Wildman–Crippen MR) is 59.0 cm³/mol. The number of rotatable bonds is 4. The molecule has 82 valence electrons. The minimum absolute atomic E-state index is 0.292. The molecule has 14 heavy (non-hydrogen) atoms. The number of amides is 1. The molecular weight excluding hydrogens is 174 g/mol. The molecule has 2 nitrogen and oxygen atoms in total. The first kappa shape index (κ1) is 11.5. The molecule has 1 aliphatic rings. The summed E-state index contributed by atoms with van der Waals surface area (Å²) in [6, 6.07) is 0. The lowest BCUT2D eigenvalue weighted by Crippen LogP contribution is -2.36. The molecule has 0 heterocycles. The first-order valence-corrected chi connectivity index (χ1v) is 6.03. The number of hydrogen-bond acceptors (Lipinski definition) is 1. The standard InChI is InChI=1S/C12H23NO/c1-3-4-9-13-12(14)11-8-6-5-7-10(11)2/h10-11H,3-9H2,1-2H3,(H,13,14). The topological polar surface area (TPSA) is 29.1 Å². The quantitative estimate of drug-likeness (QED) is 0.690. The fourth-order valence-corrected chi connectivity index (χ4v) is 2.23. The summed E-state index contributed by atoms with van der Waals surface area (Å²) in [6.45, 7) is 5.22. The van der Waals surface area contributed by atoms with E-state index in [1.165, 1.54) is 19.3 Å². The Balaban J connectivity index is 2.27. The van der Waals surface area contributed by atoms with Crippen LogP contribution in [0.4, 0.5) is 0 Å². The maximum atomic E-state index is 11.8. The minimum atomic E-state index is 0.292. The first-order chi connectivity index (χ1) is 6.75. The average molecular weight is 197 g/mol. The van der Waals surface area contributed by atoms with Crippen LogP contribution in [0, 0.1) is 11.8 Å². The molecule has 2 atom stereocenters. The van der Waals surface area contributed by atoms with Crippen LogP contribution < -0.4 is 5.32 Å². The van der Waals surface area contributed by atoms with E-state index in [9.17, 15) is 4.79 Å². The molecule has 0 bridgehead atoms. The van der Waals surface area contributed by atoms with Gasteiger partial charge in [0.1, 0.15) is 0 Å². The Morgan fingerprint density at radius 3 is 2.71 bits per heavy atom. The number of hydrogen-bond donors (Lipinski definition) is 1. The van der Waals surface area contributed by atoms with Crippen LogP contribution >= 0.6 is 0 Å². The Labute approximate surface area is 87.5 Å². The second-order valence-corrected chi connectivity index (χ2v) is 4.51. The van der Waals surface area contributed by atoms with Crippen molar-refractivity contribution < 1.29 is 4.79 Å². The molecule has 0 aromatic heterocycles. The highest BCUT2D eigenvalue weighted by atomic mass is 16.1. The van der Waals surface area contributed by atoms with E-state index in [1.54, 1.807) is 0 Å². The van der Waals surface area contributed by atoms with Crippen molar-refractivity contribution in [3.8, 4) is 0 Å². The molecule has 0 aromatic carbocycles. The van der Waals surface area contributed by atoms with Gasteiger partial charge in [0.15, 0.2) is 0 Å². The zero-order chi connectivity index (χ0) is 10.4. The van der Waals surface area contributed by atoms with E-state index in [1.807, 2.05) is 0 Å². The molecule has 1 amide bonds. The Hall–Kier alpha value is -0.530. The highest BCUT2D eigenvalue weighted by Crippen LogP contribution is 2.29. The van der Waals surface area contributed by atoms with Crippen molar-refractivity contribution >= 4 is 5.91 Å². The minimum Gasteiger partial charge on any atom is -0.356 e. The van der Waals surface area contributed by atoms with Crippen LogP contribution in [-0.2, 0) is 4.79 Å². The van der Waals surface area contributed by atoms with Crippen molar-refractivity contribution in [2.75, 3.05) is 6.54 Å². The van der Waals surface area contributed by atoms with Gasteiger partial charge in [-0.05, 0) is 25.2 Å². The van der Waals surface area contributed by atoms with Crippen LogP contribution in [0.25, 0.3) is 0 Å². The van der Waals surface area contributed by atoms with Gasteiger partial charge < -0.3 is 5.32 Å². The van der Waals surface area contributed by atoms with Crippen molar-refractivity contribution in [3.63, 3.8) is 0 Å². The maximum absolute atomic E-state index is 11.8. The lowest BCUT2D eigenvalue weighted by atomic mass is 9.80. The molecule has 1 aliphatic carbocycles. The normalized spacial score (nSPS) is 27.3. The highest BCUT2D eigenvalue weighted by Gasteiger charge is 2.26. The molecule has 1 fully saturated rings. The summed E-state index contributed by atoms with van der Waals surface area (Å²) in [5, 5.41) is 3.04. The summed E-state index contributed by atoms with van der Waals surface area (Å²) in [5.41, 5.74) is 0. The van der Waals surface area contributed by atoms with E-state index in [0.29, 0.717) is 17.7 Å². The van der Waals surface area contributed by atoms with Crippen LogP contribution in [0.15, 0.2) is 0 Å². The molecule has 0 spiro atoms. The Kier molecular flexibility index (Phi) is 4.99. The summed E-state index contributed by atoms with van der Waals surface area (Å²) < 4.78 is 0. The molecule has 0 aromatic rings. The van der Waals surface area contributed by atoms with Gasteiger partial charge in [0, 0.05) is 12.5 Å². The van der Waals surface area contributed by atoms with Crippen LogP contribution in [0.3, 0.4) is 0 Å². The van der Waals surface area contributed by atoms with Crippen LogP contribution in [0.2, 0.25) is 0 Å². The van der Waals surface area contributed by atoms with Gasteiger partial charge in [0.2, 0.25) is 5.91 Å². The molecule has 1 saturated carbocycles. The third-order valence-electron chi connectivity index (χ3n) is 3.28. The Morgan fingerprint density at radius 2 is 2.07 bits per heavy atom. The van der Waals surface area contributed by atoms with Crippen molar-refractivity contribution in [3.05, 3.63) is 0 Å². The molecule has 1 rings (SSSR count). The summed E-state index contributed by atoms with van der Waals surface area (Å²) >= 11 is 0. The lowest BCUT2D eigenvalue weighted by Gasteiger charge is -2.27. The highest BCUT2D eigenvalue weighted by molar-refractivity contribution is 5.78. The number of carbonyl (C=O) groups excluding carboxylic acids is 1. The molecule has 1 N–H and O–H groups in total. The fourth-order valence-electron chi connectivity index (χ4n) is 2.23. The zero-order valence-corrected chi connectivity index (χ0v) is 9.51. The van der Waals surface area contributed by atoms with E-state index in [4.69, 9.17) is 0 Å². The van der Waals surface area contributed by atoms with Crippen LogP contribution in [0.5, 0.6) is 0 Å². The van der Waals surface area contributed by atoms with Gasteiger partial charge in [-0.25, -0.2) is 0 Å². The molecule has 2 heteroatoms. The fraction of sp³-hybridized carbons (Fsp3) is 0.917. The van der Waals surface area contributed by atoms with Crippen molar-refractivity contribution in [1.29, 1.82) is 0 Å². The van der Waals surface area contributed by atoms with Gasteiger partial charge in [0.05, 0.1) is 0 Å². The van der Waals surface area contributed by atoms with Gasteiger partial charge in [0.25, 0.3) is 0 Å². The summed E-state index contributed by atoms with van der Waals surface area (Å²) in [7, 11) is 0. The van der Waals surface area contributed by atoms with E-state index in [0.717, 1.165) is 25.8 Å². The van der Waals surface area contributed by atoms with Crippen LogP contribution in [-0.4, -0.2) is 12.5 Å². The van der Waals surface area contributed by atoms with Crippen molar-refractivity contribution in [2.24, 2.45) is 11.8 Å². The monoisotopic (exact) mass is 197 g/mol. The summed E-state index contributed by atoms with van der Waals surface area (Å²) in [4.78, 5) is 11.8. The zero-order valence-electron chi connectivity index (χ0n) is 9.51. The smallest absolute Gasteiger partial charge is 0.223 e. The van der Waals surface area contributed by atoms with Gasteiger partial charge in [-0.15, -0.1) is 0 Å². The lowest BCUT2D eigenvalue weighted by molar-refractivity contribution is -0.127. The first-order valence-electron chi connectivity index (χ1n) is 6.03. The van der Waals surface area contributed by atoms with E-state index < -0.39 is 0 Å². The van der Waals surface area contributed by atoms with E-state index in [2.05, 4.69) is 19.2 Å². The van der Waals surface area contributed by atoms with Crippen LogP contribution in [0.1, 0.15) is 52.4 Å². The molecule has 0 radical (unpaired) electrons.